The fourth-order valence-corrected chi connectivity index (χ4v) is 2.47. The fraction of sp³-hybridized carbons (Fsp3) is 0.667. The summed E-state index contributed by atoms with van der Waals surface area (Å²) in [6.07, 6.45) is 5.51. The van der Waals surface area contributed by atoms with Gasteiger partial charge in [0.25, 0.3) is 0 Å². The van der Waals surface area contributed by atoms with E-state index in [-0.39, 0.29) is 6.04 Å². The number of rotatable bonds is 9. The summed E-state index contributed by atoms with van der Waals surface area (Å²) >= 11 is 0. The molecule has 1 aromatic carbocycles. The Bertz CT molecular complexity index is 370. The van der Waals surface area contributed by atoms with Gasteiger partial charge in [0, 0.05) is 12.6 Å². The minimum atomic E-state index is -0.607. The third kappa shape index (κ3) is 6.06. The summed E-state index contributed by atoms with van der Waals surface area (Å²) in [6, 6.07) is 9.15. The number of unbranched alkanes of at least 4 members (excludes halogenated alkanes) is 1. The lowest BCUT2D eigenvalue weighted by atomic mass is 9.99. The molecular formula is C18H31NO. The first-order valence-electron chi connectivity index (χ1n) is 8.03. The molecule has 114 valence electrons. The van der Waals surface area contributed by atoms with E-state index in [0.29, 0.717) is 6.54 Å². The van der Waals surface area contributed by atoms with Gasteiger partial charge in [-0.3, -0.25) is 0 Å². The number of nitrogens with one attached hydrogen (secondary N) is 1. The molecule has 1 aromatic rings. The van der Waals surface area contributed by atoms with Gasteiger partial charge in [-0.1, -0.05) is 51.0 Å². The number of benzene rings is 1. The van der Waals surface area contributed by atoms with Crippen molar-refractivity contribution in [3.05, 3.63) is 35.4 Å². The molecule has 1 rings (SSSR count). The second-order valence-electron chi connectivity index (χ2n) is 6.19. The molecular weight excluding hydrogens is 246 g/mol. The van der Waals surface area contributed by atoms with Crippen molar-refractivity contribution < 1.29 is 5.11 Å². The Balaban J connectivity index is 2.49. The topological polar surface area (TPSA) is 32.3 Å². The van der Waals surface area contributed by atoms with Crippen molar-refractivity contribution >= 4 is 0 Å². The average Bonchev–Trinajstić information content (AvgIpc) is 2.43. The van der Waals surface area contributed by atoms with Gasteiger partial charge in [0.05, 0.1) is 5.60 Å². The first-order chi connectivity index (χ1) is 9.48. The summed E-state index contributed by atoms with van der Waals surface area (Å²) in [5.41, 5.74) is 2.10. The van der Waals surface area contributed by atoms with Crippen molar-refractivity contribution in [2.45, 2.75) is 71.4 Å². The number of aliphatic hydroxyl groups is 1. The zero-order valence-corrected chi connectivity index (χ0v) is 13.6. The van der Waals surface area contributed by atoms with Crippen LogP contribution in [0.1, 0.15) is 70.5 Å². The highest BCUT2D eigenvalue weighted by Crippen LogP contribution is 2.17. The Morgan fingerprint density at radius 3 is 2.35 bits per heavy atom. The molecule has 0 aliphatic carbocycles. The molecule has 20 heavy (non-hydrogen) atoms. The molecule has 0 aliphatic heterocycles. The molecule has 0 heterocycles. The summed E-state index contributed by atoms with van der Waals surface area (Å²) in [5.74, 6) is 0. The molecule has 0 fully saturated rings. The van der Waals surface area contributed by atoms with Crippen LogP contribution in [0.25, 0.3) is 0 Å². The van der Waals surface area contributed by atoms with E-state index < -0.39 is 5.60 Å². The van der Waals surface area contributed by atoms with Crippen molar-refractivity contribution in [3.8, 4) is 0 Å². The number of hydrogen-bond acceptors (Lipinski definition) is 2. The molecule has 2 nitrogen and oxygen atoms in total. The quantitative estimate of drug-likeness (QED) is 0.708. The molecule has 2 unspecified atom stereocenters. The van der Waals surface area contributed by atoms with Crippen LogP contribution in [0, 0.1) is 0 Å². The third-order valence-electron chi connectivity index (χ3n) is 3.88. The lowest BCUT2D eigenvalue weighted by molar-refractivity contribution is 0.0477. The first-order valence-corrected chi connectivity index (χ1v) is 8.03. The van der Waals surface area contributed by atoms with Gasteiger partial charge in [-0.15, -0.1) is 0 Å². The number of aryl methyl sites for hydroxylation is 1. The maximum Gasteiger partial charge on any atom is 0.0743 e. The second-order valence-corrected chi connectivity index (χ2v) is 6.19. The minimum Gasteiger partial charge on any atom is -0.389 e. The highest BCUT2D eigenvalue weighted by molar-refractivity contribution is 5.24. The summed E-state index contributed by atoms with van der Waals surface area (Å²) < 4.78 is 0. The molecule has 2 atom stereocenters. The van der Waals surface area contributed by atoms with Gasteiger partial charge in [-0.05, 0) is 44.2 Å². The van der Waals surface area contributed by atoms with Gasteiger partial charge in [0.15, 0.2) is 0 Å². The standard InChI is InChI=1S/C18H31NO/c1-5-7-8-16-9-11-17(12-10-16)15(3)19-14-18(4,20)13-6-2/h9-12,15,19-20H,5-8,13-14H2,1-4H3. The Kier molecular flexibility index (Phi) is 7.25. The maximum atomic E-state index is 10.2. The SMILES string of the molecule is CCCCc1ccc(C(C)NCC(C)(O)CCC)cc1. The molecule has 0 radical (unpaired) electrons. The van der Waals surface area contributed by atoms with Crippen LogP contribution in [0.5, 0.6) is 0 Å². The van der Waals surface area contributed by atoms with Crippen molar-refractivity contribution in [2.75, 3.05) is 6.54 Å². The zero-order chi connectivity index (χ0) is 15.0. The molecule has 0 amide bonds. The molecule has 0 spiro atoms. The summed E-state index contributed by atoms with van der Waals surface area (Å²) in [5, 5.41) is 13.6. The molecule has 0 bridgehead atoms. The van der Waals surface area contributed by atoms with E-state index in [1.54, 1.807) is 0 Å². The third-order valence-corrected chi connectivity index (χ3v) is 3.88. The van der Waals surface area contributed by atoms with Crippen LogP contribution in [0.4, 0.5) is 0 Å². The van der Waals surface area contributed by atoms with Crippen LogP contribution < -0.4 is 5.32 Å². The van der Waals surface area contributed by atoms with Crippen LogP contribution >= 0.6 is 0 Å². The van der Waals surface area contributed by atoms with Gasteiger partial charge in [-0.2, -0.15) is 0 Å². The van der Waals surface area contributed by atoms with E-state index in [2.05, 4.69) is 50.4 Å². The van der Waals surface area contributed by atoms with Gasteiger partial charge < -0.3 is 10.4 Å². The Morgan fingerprint density at radius 1 is 1.15 bits per heavy atom. The lowest BCUT2D eigenvalue weighted by Gasteiger charge is -2.25. The van der Waals surface area contributed by atoms with E-state index in [9.17, 15) is 5.11 Å². The maximum absolute atomic E-state index is 10.2. The predicted molar refractivity (Wildman–Crippen MR) is 87.0 cm³/mol. The van der Waals surface area contributed by atoms with E-state index in [1.165, 1.54) is 30.4 Å². The minimum absolute atomic E-state index is 0.276. The molecule has 0 saturated carbocycles. The predicted octanol–water partition coefficient (Wildman–Crippen LogP) is 4.23. The Hall–Kier alpha value is -0.860. The lowest BCUT2D eigenvalue weighted by Crippen LogP contribution is -2.38. The molecule has 2 heteroatoms. The smallest absolute Gasteiger partial charge is 0.0743 e. The summed E-state index contributed by atoms with van der Waals surface area (Å²) in [7, 11) is 0. The molecule has 0 saturated heterocycles. The van der Waals surface area contributed by atoms with Crippen molar-refractivity contribution in [1.29, 1.82) is 0 Å². The van der Waals surface area contributed by atoms with Crippen LogP contribution in [0.15, 0.2) is 24.3 Å². The first kappa shape index (κ1) is 17.2. The fourth-order valence-electron chi connectivity index (χ4n) is 2.47. The van der Waals surface area contributed by atoms with E-state index in [1.807, 2.05) is 6.92 Å². The summed E-state index contributed by atoms with van der Waals surface area (Å²) in [6.45, 7) is 9.03. The van der Waals surface area contributed by atoms with E-state index in [0.717, 1.165) is 12.8 Å². The molecule has 0 aliphatic rings. The molecule has 2 N–H and O–H groups in total. The van der Waals surface area contributed by atoms with Crippen molar-refractivity contribution in [1.82, 2.24) is 5.32 Å². The average molecular weight is 277 g/mol. The van der Waals surface area contributed by atoms with E-state index >= 15 is 0 Å². The van der Waals surface area contributed by atoms with Gasteiger partial charge >= 0.3 is 0 Å². The molecule has 0 aromatic heterocycles. The Labute approximate surface area is 124 Å². The largest absolute Gasteiger partial charge is 0.389 e. The normalized spacial score (nSPS) is 15.8. The van der Waals surface area contributed by atoms with Crippen LogP contribution in [-0.2, 0) is 6.42 Å². The monoisotopic (exact) mass is 277 g/mol. The highest BCUT2D eigenvalue weighted by Gasteiger charge is 2.19. The number of hydrogen-bond donors (Lipinski definition) is 2. The summed E-state index contributed by atoms with van der Waals surface area (Å²) in [4.78, 5) is 0. The second kappa shape index (κ2) is 8.43. The zero-order valence-electron chi connectivity index (χ0n) is 13.6. The van der Waals surface area contributed by atoms with E-state index in [4.69, 9.17) is 0 Å². The van der Waals surface area contributed by atoms with Crippen LogP contribution in [-0.4, -0.2) is 17.3 Å². The van der Waals surface area contributed by atoms with Crippen LogP contribution in [0.2, 0.25) is 0 Å². The van der Waals surface area contributed by atoms with Gasteiger partial charge in [0.2, 0.25) is 0 Å². The van der Waals surface area contributed by atoms with Crippen molar-refractivity contribution in [2.24, 2.45) is 0 Å². The van der Waals surface area contributed by atoms with Crippen molar-refractivity contribution in [3.63, 3.8) is 0 Å². The van der Waals surface area contributed by atoms with Gasteiger partial charge in [-0.25, -0.2) is 0 Å². The highest BCUT2D eigenvalue weighted by atomic mass is 16.3. The van der Waals surface area contributed by atoms with Gasteiger partial charge in [0.1, 0.15) is 0 Å². The van der Waals surface area contributed by atoms with Crippen LogP contribution in [0.3, 0.4) is 0 Å². The Morgan fingerprint density at radius 2 is 1.80 bits per heavy atom.